The predicted octanol–water partition coefficient (Wildman–Crippen LogP) is 17.3. The fourth-order valence-corrected chi connectivity index (χ4v) is 12.1. The van der Waals surface area contributed by atoms with Gasteiger partial charge in [0.2, 0.25) is 0 Å². The molecule has 0 spiro atoms. The molecule has 8 aromatic rings. The Morgan fingerprint density at radius 1 is 0.479 bits per heavy atom. The molecule has 0 unspecified atom stereocenters. The Labute approximate surface area is 437 Å². The number of anilines is 6. The van der Waals surface area contributed by atoms with Gasteiger partial charge < -0.3 is 14.5 Å². The van der Waals surface area contributed by atoms with Crippen molar-refractivity contribution in [3.05, 3.63) is 196 Å². The van der Waals surface area contributed by atoms with Gasteiger partial charge in [0.25, 0.3) is 6.71 Å². The summed E-state index contributed by atoms with van der Waals surface area (Å²) in [5.41, 5.74) is 25.3. The molecule has 3 aliphatic rings. The highest BCUT2D eigenvalue weighted by molar-refractivity contribution is 6.99. The van der Waals surface area contributed by atoms with Gasteiger partial charge in [-0.3, -0.25) is 0 Å². The summed E-state index contributed by atoms with van der Waals surface area (Å²) < 4.78 is 7.32. The van der Waals surface area contributed by atoms with E-state index in [0.717, 1.165) is 39.8 Å². The molecule has 4 heteroatoms. The minimum absolute atomic E-state index is 0.0121. The lowest BCUT2D eigenvalue weighted by Gasteiger charge is -2.45. The summed E-state index contributed by atoms with van der Waals surface area (Å²) in [5.74, 6) is 1.82. The lowest BCUT2D eigenvalue weighted by Crippen LogP contribution is -2.60. The molecule has 0 N–H and O–H groups in total. The first-order chi connectivity index (χ1) is 34.3. The zero-order valence-electron chi connectivity index (χ0n) is 46.3. The molecule has 368 valence electrons. The van der Waals surface area contributed by atoms with Crippen LogP contribution < -0.4 is 30.9 Å². The molecule has 0 radical (unpaired) electrons. The van der Waals surface area contributed by atoms with Crippen LogP contribution in [0.5, 0.6) is 11.5 Å². The van der Waals surface area contributed by atoms with Gasteiger partial charge in [-0.15, -0.1) is 0 Å². The van der Waals surface area contributed by atoms with Gasteiger partial charge >= 0.3 is 0 Å². The number of hydrogen-bond donors (Lipinski definition) is 0. The fourth-order valence-electron chi connectivity index (χ4n) is 12.1. The summed E-state index contributed by atoms with van der Waals surface area (Å²) >= 11 is 0. The van der Waals surface area contributed by atoms with E-state index in [1.165, 1.54) is 89.0 Å². The molecule has 11 rings (SSSR count). The molecule has 8 aromatic carbocycles. The molecule has 0 atom stereocenters. The third-order valence-corrected chi connectivity index (χ3v) is 16.2. The normalized spacial score (nSPS) is 14.5. The Balaban J connectivity index is 1.34. The molecular formula is C69H73BN2O. The smallest absolute Gasteiger partial charge is 0.256 e. The van der Waals surface area contributed by atoms with E-state index < -0.39 is 0 Å². The van der Waals surface area contributed by atoms with E-state index in [4.69, 9.17) is 4.74 Å². The number of aryl methyl sites for hydroxylation is 2. The molecule has 73 heavy (non-hydrogen) atoms. The fraction of sp³-hybridized carbons (Fsp3) is 0.304. The molecule has 0 aromatic heterocycles. The van der Waals surface area contributed by atoms with Crippen molar-refractivity contribution in [1.29, 1.82) is 0 Å². The third-order valence-electron chi connectivity index (χ3n) is 16.2. The Bertz CT molecular complexity index is 3420. The average Bonchev–Trinajstić information content (AvgIpc) is 3.55. The predicted molar refractivity (Wildman–Crippen MR) is 314 cm³/mol. The Morgan fingerprint density at radius 2 is 0.986 bits per heavy atom. The van der Waals surface area contributed by atoms with Crippen LogP contribution in [0.4, 0.5) is 34.1 Å². The van der Waals surface area contributed by atoms with E-state index in [1.54, 1.807) is 0 Å². The highest BCUT2D eigenvalue weighted by Crippen LogP contribution is 2.59. The molecule has 2 heterocycles. The van der Waals surface area contributed by atoms with Gasteiger partial charge in [0.05, 0.1) is 11.4 Å². The van der Waals surface area contributed by atoms with Gasteiger partial charge in [0.1, 0.15) is 11.5 Å². The second-order valence-electron chi connectivity index (χ2n) is 26.1. The molecule has 0 saturated heterocycles. The highest BCUT2D eigenvalue weighted by Gasteiger charge is 2.49. The van der Waals surface area contributed by atoms with Gasteiger partial charge in [-0.25, -0.2) is 0 Å². The third kappa shape index (κ3) is 8.12. The summed E-state index contributed by atoms with van der Waals surface area (Å²) in [5, 5.41) is 0. The topological polar surface area (TPSA) is 15.7 Å². The van der Waals surface area contributed by atoms with Gasteiger partial charge in [0, 0.05) is 28.2 Å². The number of rotatable bonds is 5. The van der Waals surface area contributed by atoms with Crippen LogP contribution in [0.15, 0.2) is 152 Å². The lowest BCUT2D eigenvalue weighted by atomic mass is 9.33. The summed E-state index contributed by atoms with van der Waals surface area (Å²) in [6, 6.07) is 58.8. The molecule has 1 aliphatic carbocycles. The molecule has 0 amide bonds. The van der Waals surface area contributed by atoms with Crippen molar-refractivity contribution in [3.8, 4) is 33.8 Å². The monoisotopic (exact) mass is 957 g/mol. The van der Waals surface area contributed by atoms with Crippen LogP contribution in [0.2, 0.25) is 0 Å². The van der Waals surface area contributed by atoms with Crippen LogP contribution in [0.1, 0.15) is 141 Å². The van der Waals surface area contributed by atoms with E-state index >= 15 is 0 Å². The minimum atomic E-state index is -0.369. The standard InChI is InChI=1S/C69H73BN2O/c1-42-35-43(2)37-44(36-42)45-38-58-62-60(39-45)73-59-34-27-49(68(12,13)14)40-56(59)70(62)57-41-54-53-19-17-18-20-55(53)69(15,16)61(54)64(63(57)72(58)52-32-25-48(26-33-52)67(9,10)11)71(50-28-21-46(22-29-50)65(3,4)5)51-30-23-47(24-31-51)66(6,7)8/h17-41H,1-16H3. The first-order valence-electron chi connectivity index (χ1n) is 26.6. The number of ether oxygens (including phenoxy) is 1. The van der Waals surface area contributed by atoms with E-state index in [9.17, 15) is 0 Å². The minimum Gasteiger partial charge on any atom is -0.458 e. The average molecular weight is 957 g/mol. The zero-order chi connectivity index (χ0) is 51.9. The largest absolute Gasteiger partial charge is 0.458 e. The van der Waals surface area contributed by atoms with Crippen molar-refractivity contribution in [2.45, 2.75) is 138 Å². The van der Waals surface area contributed by atoms with Crippen molar-refractivity contribution in [2.24, 2.45) is 0 Å². The Morgan fingerprint density at radius 3 is 1.53 bits per heavy atom. The van der Waals surface area contributed by atoms with Crippen LogP contribution in [0.25, 0.3) is 22.3 Å². The van der Waals surface area contributed by atoms with Crippen LogP contribution in [-0.2, 0) is 27.1 Å². The van der Waals surface area contributed by atoms with Crippen molar-refractivity contribution >= 4 is 57.2 Å². The maximum absolute atomic E-state index is 7.32. The van der Waals surface area contributed by atoms with Crippen molar-refractivity contribution in [1.82, 2.24) is 0 Å². The van der Waals surface area contributed by atoms with Gasteiger partial charge in [-0.05, 0) is 162 Å². The van der Waals surface area contributed by atoms with E-state index in [-0.39, 0.29) is 33.8 Å². The maximum Gasteiger partial charge on any atom is 0.256 e. The van der Waals surface area contributed by atoms with Crippen molar-refractivity contribution in [3.63, 3.8) is 0 Å². The van der Waals surface area contributed by atoms with E-state index in [1.807, 2.05) is 0 Å². The number of fused-ring (bicyclic) bond motifs is 7. The van der Waals surface area contributed by atoms with E-state index in [0.29, 0.717) is 0 Å². The molecular weight excluding hydrogens is 884 g/mol. The van der Waals surface area contributed by atoms with Gasteiger partial charge in [0.15, 0.2) is 0 Å². The van der Waals surface area contributed by atoms with Crippen LogP contribution in [-0.4, -0.2) is 6.71 Å². The molecule has 0 bridgehead atoms. The zero-order valence-corrected chi connectivity index (χ0v) is 46.3. The SMILES string of the molecule is Cc1cc(C)cc(-c2cc3c4c(c2)N(c2ccc(C(C)(C)C)cc2)c2c(cc5c(c2N(c2ccc(C(C)(C)C)cc2)c2ccc(C(C)(C)C)cc2)C(C)(C)c2ccccc2-5)B4c2cc(C(C)(C)C)ccc2O3)c1. The van der Waals surface area contributed by atoms with Crippen LogP contribution in [0, 0.1) is 13.8 Å². The summed E-state index contributed by atoms with van der Waals surface area (Å²) in [6.45, 7) is 36.9. The summed E-state index contributed by atoms with van der Waals surface area (Å²) in [7, 11) is 0. The van der Waals surface area contributed by atoms with Crippen molar-refractivity contribution in [2.75, 3.05) is 9.80 Å². The molecule has 0 fully saturated rings. The second kappa shape index (κ2) is 16.6. The lowest BCUT2D eigenvalue weighted by molar-refractivity contribution is 0.486. The highest BCUT2D eigenvalue weighted by atomic mass is 16.5. The second-order valence-corrected chi connectivity index (χ2v) is 26.1. The van der Waals surface area contributed by atoms with Gasteiger partial charge in [-0.1, -0.05) is 205 Å². The maximum atomic E-state index is 7.32. The summed E-state index contributed by atoms with van der Waals surface area (Å²) in [6.07, 6.45) is 0. The number of hydrogen-bond acceptors (Lipinski definition) is 3. The first-order valence-corrected chi connectivity index (χ1v) is 26.6. The van der Waals surface area contributed by atoms with Gasteiger partial charge in [-0.2, -0.15) is 0 Å². The molecule has 3 nitrogen and oxygen atoms in total. The number of nitrogens with zero attached hydrogens (tertiary/aromatic N) is 2. The number of benzene rings is 8. The Hall–Kier alpha value is -6.78. The van der Waals surface area contributed by atoms with Crippen LogP contribution >= 0.6 is 0 Å². The summed E-state index contributed by atoms with van der Waals surface area (Å²) in [4.78, 5) is 5.24. The quantitative estimate of drug-likeness (QED) is 0.160. The van der Waals surface area contributed by atoms with Crippen molar-refractivity contribution < 1.29 is 4.74 Å². The first kappa shape index (κ1) is 48.5. The Kier molecular flexibility index (Phi) is 11.0. The van der Waals surface area contributed by atoms with Crippen LogP contribution in [0.3, 0.4) is 0 Å². The molecule has 0 saturated carbocycles. The molecule has 2 aliphatic heterocycles. The van der Waals surface area contributed by atoms with E-state index in [2.05, 4.69) is 272 Å².